The number of methoxy groups -OCH3 is 1. The smallest absolute Gasteiger partial charge is 0.337 e. The van der Waals surface area contributed by atoms with Gasteiger partial charge < -0.3 is 20.5 Å². The van der Waals surface area contributed by atoms with E-state index in [1.165, 1.54) is 30.9 Å². The highest BCUT2D eigenvalue weighted by molar-refractivity contribution is 5.92. The van der Waals surface area contributed by atoms with E-state index in [2.05, 4.69) is 17.0 Å². The quantitative estimate of drug-likeness (QED) is 0.628. The molecule has 126 valence electrons. The Morgan fingerprint density at radius 2 is 1.83 bits per heavy atom. The van der Waals surface area contributed by atoms with Gasteiger partial charge in [-0.25, -0.2) is 4.79 Å². The van der Waals surface area contributed by atoms with Crippen molar-refractivity contribution in [3.63, 3.8) is 0 Å². The lowest BCUT2D eigenvalue weighted by molar-refractivity contribution is -0.118. The third kappa shape index (κ3) is 4.49. The van der Waals surface area contributed by atoms with Gasteiger partial charge in [-0.2, -0.15) is 0 Å². The van der Waals surface area contributed by atoms with Crippen molar-refractivity contribution in [3.05, 3.63) is 53.6 Å². The largest absolute Gasteiger partial charge is 0.482 e. The lowest BCUT2D eigenvalue weighted by atomic mass is 10.1. The first-order chi connectivity index (χ1) is 11.5. The third-order valence-electron chi connectivity index (χ3n) is 3.44. The van der Waals surface area contributed by atoms with E-state index in [0.29, 0.717) is 16.9 Å². The molecule has 0 saturated heterocycles. The summed E-state index contributed by atoms with van der Waals surface area (Å²) >= 11 is 0. The maximum absolute atomic E-state index is 12.0. The van der Waals surface area contributed by atoms with Crippen molar-refractivity contribution in [2.24, 2.45) is 0 Å². The molecule has 24 heavy (non-hydrogen) atoms. The summed E-state index contributed by atoms with van der Waals surface area (Å²) in [5.74, 6) is -0.559. The Hall–Kier alpha value is -3.02. The van der Waals surface area contributed by atoms with Gasteiger partial charge in [0.2, 0.25) is 0 Å². The Kier molecular flexibility index (Phi) is 5.78. The Morgan fingerprint density at radius 1 is 1.12 bits per heavy atom. The number of carbonyl (C=O) groups excluding carboxylic acids is 2. The number of aryl methyl sites for hydroxylation is 1. The number of hydrogen-bond donors (Lipinski definition) is 2. The van der Waals surface area contributed by atoms with Gasteiger partial charge in [-0.1, -0.05) is 19.1 Å². The SMILES string of the molecule is CCc1ccc(NC(=O)COc2cc(C(=O)OC)ccc2N)cc1. The normalized spacial score (nSPS) is 10.1. The molecule has 6 nitrogen and oxygen atoms in total. The van der Waals surface area contributed by atoms with E-state index in [9.17, 15) is 9.59 Å². The van der Waals surface area contributed by atoms with E-state index in [4.69, 9.17) is 10.5 Å². The Balaban J connectivity index is 1.96. The average molecular weight is 328 g/mol. The Morgan fingerprint density at radius 3 is 2.46 bits per heavy atom. The summed E-state index contributed by atoms with van der Waals surface area (Å²) in [6.07, 6.45) is 0.938. The summed E-state index contributed by atoms with van der Waals surface area (Å²) in [5.41, 5.74) is 8.31. The van der Waals surface area contributed by atoms with Gasteiger partial charge in [0, 0.05) is 5.69 Å². The number of anilines is 2. The first-order valence-electron chi connectivity index (χ1n) is 7.53. The van der Waals surface area contributed by atoms with E-state index in [1.807, 2.05) is 24.3 Å². The monoisotopic (exact) mass is 328 g/mol. The second-order valence-electron chi connectivity index (χ2n) is 5.13. The van der Waals surface area contributed by atoms with Crippen LogP contribution in [0.3, 0.4) is 0 Å². The van der Waals surface area contributed by atoms with Crippen molar-refractivity contribution in [2.75, 3.05) is 24.8 Å². The summed E-state index contributed by atoms with van der Waals surface area (Å²) < 4.78 is 10.0. The first kappa shape index (κ1) is 17.3. The highest BCUT2D eigenvalue weighted by atomic mass is 16.5. The van der Waals surface area contributed by atoms with Crippen LogP contribution in [-0.4, -0.2) is 25.6 Å². The van der Waals surface area contributed by atoms with Crippen LogP contribution in [0, 0.1) is 0 Å². The van der Waals surface area contributed by atoms with Crippen molar-refractivity contribution in [3.8, 4) is 5.75 Å². The number of carbonyl (C=O) groups is 2. The second kappa shape index (κ2) is 8.01. The lowest BCUT2D eigenvalue weighted by Gasteiger charge is -2.11. The number of nitrogen functional groups attached to an aromatic ring is 1. The summed E-state index contributed by atoms with van der Waals surface area (Å²) in [5, 5.41) is 2.74. The van der Waals surface area contributed by atoms with Gasteiger partial charge in [0.25, 0.3) is 5.91 Å². The Labute approximate surface area is 140 Å². The van der Waals surface area contributed by atoms with Crippen LogP contribution in [0.4, 0.5) is 11.4 Å². The van der Waals surface area contributed by atoms with Crippen molar-refractivity contribution < 1.29 is 19.1 Å². The fraction of sp³-hybridized carbons (Fsp3) is 0.222. The Bertz CT molecular complexity index is 726. The number of rotatable bonds is 6. The minimum atomic E-state index is -0.500. The molecule has 0 unspecified atom stereocenters. The molecule has 0 fully saturated rings. The molecule has 1 amide bonds. The molecule has 0 spiro atoms. The van der Waals surface area contributed by atoms with E-state index < -0.39 is 5.97 Å². The molecule has 2 rings (SSSR count). The molecule has 0 saturated carbocycles. The summed E-state index contributed by atoms with van der Waals surface area (Å²) in [4.78, 5) is 23.5. The number of benzene rings is 2. The van der Waals surface area contributed by atoms with Crippen LogP contribution in [0.5, 0.6) is 5.75 Å². The maximum atomic E-state index is 12.0. The van der Waals surface area contributed by atoms with Gasteiger partial charge in [0.15, 0.2) is 6.61 Å². The van der Waals surface area contributed by atoms with Crippen LogP contribution < -0.4 is 15.8 Å². The highest BCUT2D eigenvalue weighted by Gasteiger charge is 2.11. The van der Waals surface area contributed by atoms with Crippen LogP contribution in [0.25, 0.3) is 0 Å². The molecular formula is C18H20N2O4. The molecule has 6 heteroatoms. The summed E-state index contributed by atoms with van der Waals surface area (Å²) in [6.45, 7) is 1.85. The summed E-state index contributed by atoms with van der Waals surface area (Å²) in [7, 11) is 1.29. The molecular weight excluding hydrogens is 308 g/mol. The van der Waals surface area contributed by atoms with Crippen molar-refractivity contribution in [2.45, 2.75) is 13.3 Å². The van der Waals surface area contributed by atoms with Crippen molar-refractivity contribution in [1.82, 2.24) is 0 Å². The molecule has 0 heterocycles. The fourth-order valence-corrected chi connectivity index (χ4v) is 2.07. The second-order valence-corrected chi connectivity index (χ2v) is 5.13. The van der Waals surface area contributed by atoms with E-state index in [1.54, 1.807) is 0 Å². The standard InChI is InChI=1S/C18H20N2O4/c1-3-12-4-7-14(8-5-12)20-17(21)11-24-16-10-13(18(22)23-2)6-9-15(16)19/h4-10H,3,11,19H2,1-2H3,(H,20,21). The van der Waals surface area contributed by atoms with Crippen LogP contribution in [0.2, 0.25) is 0 Å². The van der Waals surface area contributed by atoms with E-state index in [-0.39, 0.29) is 18.3 Å². The van der Waals surface area contributed by atoms with Crippen LogP contribution >= 0.6 is 0 Å². The van der Waals surface area contributed by atoms with E-state index in [0.717, 1.165) is 6.42 Å². The molecule has 0 atom stereocenters. The van der Waals surface area contributed by atoms with Crippen LogP contribution in [-0.2, 0) is 16.0 Å². The van der Waals surface area contributed by atoms with Crippen LogP contribution in [0.1, 0.15) is 22.8 Å². The third-order valence-corrected chi connectivity index (χ3v) is 3.44. The molecule has 0 radical (unpaired) electrons. The molecule has 3 N–H and O–H groups in total. The van der Waals surface area contributed by atoms with Gasteiger partial charge in [-0.15, -0.1) is 0 Å². The van der Waals surface area contributed by atoms with E-state index >= 15 is 0 Å². The molecule has 0 aliphatic heterocycles. The maximum Gasteiger partial charge on any atom is 0.337 e. The zero-order chi connectivity index (χ0) is 17.5. The summed E-state index contributed by atoms with van der Waals surface area (Å²) in [6, 6.07) is 12.1. The predicted octanol–water partition coefficient (Wildman–Crippen LogP) is 2.64. The first-order valence-corrected chi connectivity index (χ1v) is 7.53. The van der Waals surface area contributed by atoms with Gasteiger partial charge >= 0.3 is 5.97 Å². The van der Waals surface area contributed by atoms with Crippen molar-refractivity contribution in [1.29, 1.82) is 0 Å². The molecule has 0 aromatic heterocycles. The fourth-order valence-electron chi connectivity index (χ4n) is 2.07. The van der Waals surface area contributed by atoms with Gasteiger partial charge in [0.05, 0.1) is 18.4 Å². The zero-order valence-corrected chi connectivity index (χ0v) is 13.7. The molecule has 2 aromatic rings. The lowest BCUT2D eigenvalue weighted by Crippen LogP contribution is -2.20. The topological polar surface area (TPSA) is 90.6 Å². The zero-order valence-electron chi connectivity index (χ0n) is 13.7. The van der Waals surface area contributed by atoms with Crippen LogP contribution in [0.15, 0.2) is 42.5 Å². The predicted molar refractivity (Wildman–Crippen MR) is 92.1 cm³/mol. The minimum Gasteiger partial charge on any atom is -0.482 e. The molecule has 0 aliphatic rings. The number of nitrogens with two attached hydrogens (primary N) is 1. The number of ether oxygens (including phenoxy) is 2. The highest BCUT2D eigenvalue weighted by Crippen LogP contribution is 2.23. The minimum absolute atomic E-state index is 0.218. The number of nitrogens with one attached hydrogen (secondary N) is 1. The van der Waals surface area contributed by atoms with Gasteiger partial charge in [0.1, 0.15) is 5.75 Å². The number of esters is 1. The molecule has 2 aromatic carbocycles. The molecule has 0 aliphatic carbocycles. The van der Waals surface area contributed by atoms with Gasteiger partial charge in [-0.3, -0.25) is 4.79 Å². The van der Waals surface area contributed by atoms with Crippen molar-refractivity contribution >= 4 is 23.3 Å². The number of amides is 1. The van der Waals surface area contributed by atoms with Gasteiger partial charge in [-0.05, 0) is 42.3 Å². The number of hydrogen-bond acceptors (Lipinski definition) is 5. The molecule has 0 bridgehead atoms. The average Bonchev–Trinajstić information content (AvgIpc) is 2.61.